The number of hydrogen-bond donors (Lipinski definition) is 0. The molecule has 1 amide bonds. The molecule has 0 saturated heterocycles. The van der Waals surface area contributed by atoms with E-state index in [-0.39, 0.29) is 11.9 Å². The van der Waals surface area contributed by atoms with Crippen LogP contribution in [0.4, 0.5) is 0 Å². The Morgan fingerprint density at radius 3 is 2.57 bits per heavy atom. The number of amides is 1. The van der Waals surface area contributed by atoms with Gasteiger partial charge in [-0.3, -0.25) is 9.78 Å². The zero-order valence-corrected chi connectivity index (χ0v) is 12.2. The van der Waals surface area contributed by atoms with Gasteiger partial charge in [0.05, 0.1) is 23.2 Å². The predicted molar refractivity (Wildman–Crippen MR) is 80.5 cm³/mol. The molecule has 0 aliphatic rings. The summed E-state index contributed by atoms with van der Waals surface area (Å²) in [7, 11) is 0. The van der Waals surface area contributed by atoms with Crippen LogP contribution in [-0.4, -0.2) is 22.3 Å². The zero-order chi connectivity index (χ0) is 15.2. The number of benzene rings is 1. The second kappa shape index (κ2) is 6.67. The van der Waals surface area contributed by atoms with Gasteiger partial charge in [0.15, 0.2) is 0 Å². The molecule has 1 atom stereocenters. The summed E-state index contributed by atoms with van der Waals surface area (Å²) >= 11 is 0. The maximum absolute atomic E-state index is 12.5. The molecule has 0 N–H and O–H groups in total. The monoisotopic (exact) mass is 279 g/mol. The lowest BCUT2D eigenvalue weighted by molar-refractivity contribution is 0.0702. The molecule has 1 aromatic carbocycles. The highest BCUT2D eigenvalue weighted by Crippen LogP contribution is 2.22. The molecule has 2 rings (SSSR count). The van der Waals surface area contributed by atoms with Gasteiger partial charge in [0.25, 0.3) is 5.91 Å². The fourth-order valence-corrected chi connectivity index (χ4v) is 2.26. The Labute approximate surface area is 124 Å². The molecule has 2 aromatic rings. The highest BCUT2D eigenvalue weighted by Gasteiger charge is 2.21. The van der Waals surface area contributed by atoms with E-state index < -0.39 is 0 Å². The quantitative estimate of drug-likeness (QED) is 0.863. The fraction of sp³-hybridized carbons (Fsp3) is 0.235. The van der Waals surface area contributed by atoms with Crippen molar-refractivity contribution < 1.29 is 4.79 Å². The first-order chi connectivity index (χ1) is 10.2. The van der Waals surface area contributed by atoms with E-state index in [0.29, 0.717) is 17.7 Å². The molecule has 0 bridgehead atoms. The van der Waals surface area contributed by atoms with E-state index in [9.17, 15) is 4.79 Å². The summed E-state index contributed by atoms with van der Waals surface area (Å²) in [5.41, 5.74) is 2.21. The summed E-state index contributed by atoms with van der Waals surface area (Å²) in [5.74, 6) is -0.0394. The van der Waals surface area contributed by atoms with E-state index >= 15 is 0 Å². The summed E-state index contributed by atoms with van der Waals surface area (Å²) in [6.07, 6.45) is 3.23. The van der Waals surface area contributed by atoms with Crippen molar-refractivity contribution in [2.75, 3.05) is 6.54 Å². The molecule has 0 aliphatic heterocycles. The average molecular weight is 279 g/mol. The Morgan fingerprint density at radius 2 is 2.05 bits per heavy atom. The second-order valence-electron chi connectivity index (χ2n) is 4.74. The van der Waals surface area contributed by atoms with Crippen LogP contribution in [-0.2, 0) is 0 Å². The molecular weight excluding hydrogens is 262 g/mol. The molecule has 0 spiro atoms. The number of carbonyl (C=O) groups excluding carboxylic acids is 1. The average Bonchev–Trinajstić information content (AvgIpc) is 2.56. The minimum absolute atomic E-state index is 0.0394. The maximum Gasteiger partial charge on any atom is 0.255 e. The Kier molecular flexibility index (Phi) is 4.68. The third-order valence-electron chi connectivity index (χ3n) is 3.50. The van der Waals surface area contributed by atoms with Gasteiger partial charge < -0.3 is 4.90 Å². The molecule has 0 radical (unpaired) electrons. The van der Waals surface area contributed by atoms with Crippen LogP contribution in [0.3, 0.4) is 0 Å². The molecule has 21 heavy (non-hydrogen) atoms. The van der Waals surface area contributed by atoms with Crippen molar-refractivity contribution in [3.8, 4) is 6.07 Å². The number of nitriles is 1. The molecule has 1 unspecified atom stereocenters. The zero-order valence-electron chi connectivity index (χ0n) is 12.2. The van der Waals surface area contributed by atoms with Crippen molar-refractivity contribution in [2.45, 2.75) is 19.9 Å². The number of aromatic nitrogens is 1. The van der Waals surface area contributed by atoms with Crippen LogP contribution in [0.2, 0.25) is 0 Å². The van der Waals surface area contributed by atoms with Crippen LogP contribution in [0.1, 0.15) is 41.4 Å². The molecule has 4 nitrogen and oxygen atoms in total. The van der Waals surface area contributed by atoms with Gasteiger partial charge in [-0.05, 0) is 43.7 Å². The Hall–Kier alpha value is -2.67. The fourth-order valence-electron chi connectivity index (χ4n) is 2.26. The van der Waals surface area contributed by atoms with Crippen LogP contribution in [0.25, 0.3) is 0 Å². The van der Waals surface area contributed by atoms with Crippen molar-refractivity contribution in [3.05, 3.63) is 65.5 Å². The molecule has 1 aromatic heterocycles. The number of carbonyl (C=O) groups is 1. The molecule has 0 aliphatic carbocycles. The SMILES string of the molecule is CCN(C(=O)c1cccnc1)C(C)c1ccc(C#N)cc1. The first-order valence-corrected chi connectivity index (χ1v) is 6.88. The first kappa shape index (κ1) is 14.7. The van der Waals surface area contributed by atoms with Gasteiger partial charge in [0, 0.05) is 18.9 Å². The van der Waals surface area contributed by atoms with E-state index in [4.69, 9.17) is 5.26 Å². The van der Waals surface area contributed by atoms with E-state index in [1.54, 1.807) is 41.6 Å². The van der Waals surface area contributed by atoms with Gasteiger partial charge in [-0.15, -0.1) is 0 Å². The van der Waals surface area contributed by atoms with Crippen molar-refractivity contribution in [1.82, 2.24) is 9.88 Å². The number of pyridine rings is 1. The minimum atomic E-state index is -0.0598. The van der Waals surface area contributed by atoms with Crippen LogP contribution < -0.4 is 0 Å². The van der Waals surface area contributed by atoms with E-state index in [2.05, 4.69) is 11.1 Å². The summed E-state index contributed by atoms with van der Waals surface area (Å²) in [5, 5.41) is 8.84. The van der Waals surface area contributed by atoms with Gasteiger partial charge in [-0.2, -0.15) is 5.26 Å². The van der Waals surface area contributed by atoms with Gasteiger partial charge in [0.2, 0.25) is 0 Å². The predicted octanol–water partition coefficient (Wildman–Crippen LogP) is 3.18. The smallest absolute Gasteiger partial charge is 0.255 e. The highest BCUT2D eigenvalue weighted by molar-refractivity contribution is 5.94. The largest absolute Gasteiger partial charge is 0.332 e. The number of rotatable bonds is 4. The summed E-state index contributed by atoms with van der Waals surface area (Å²) in [4.78, 5) is 18.3. The highest BCUT2D eigenvalue weighted by atomic mass is 16.2. The lowest BCUT2D eigenvalue weighted by Gasteiger charge is -2.28. The first-order valence-electron chi connectivity index (χ1n) is 6.88. The number of hydrogen-bond acceptors (Lipinski definition) is 3. The van der Waals surface area contributed by atoms with Crippen LogP contribution >= 0.6 is 0 Å². The van der Waals surface area contributed by atoms with Crippen molar-refractivity contribution in [1.29, 1.82) is 5.26 Å². The number of nitrogens with zero attached hydrogens (tertiary/aromatic N) is 3. The standard InChI is InChI=1S/C17H17N3O/c1-3-20(17(21)16-5-4-10-19-12-16)13(2)15-8-6-14(11-18)7-9-15/h4-10,12-13H,3H2,1-2H3. The molecule has 106 valence electrons. The Morgan fingerprint density at radius 1 is 1.33 bits per heavy atom. The normalized spacial score (nSPS) is 11.5. The van der Waals surface area contributed by atoms with Crippen molar-refractivity contribution in [3.63, 3.8) is 0 Å². The van der Waals surface area contributed by atoms with Gasteiger partial charge in [-0.1, -0.05) is 12.1 Å². The topological polar surface area (TPSA) is 57.0 Å². The van der Waals surface area contributed by atoms with Gasteiger partial charge in [0.1, 0.15) is 0 Å². The Balaban J connectivity index is 2.24. The molecular formula is C17H17N3O. The van der Waals surface area contributed by atoms with E-state index in [1.165, 1.54) is 0 Å². The van der Waals surface area contributed by atoms with Crippen LogP contribution in [0.5, 0.6) is 0 Å². The summed E-state index contributed by atoms with van der Waals surface area (Å²) in [6, 6.07) is 12.9. The summed E-state index contributed by atoms with van der Waals surface area (Å²) in [6.45, 7) is 4.54. The second-order valence-corrected chi connectivity index (χ2v) is 4.74. The van der Waals surface area contributed by atoms with E-state index in [0.717, 1.165) is 5.56 Å². The lowest BCUT2D eigenvalue weighted by Crippen LogP contribution is -2.33. The molecule has 0 saturated carbocycles. The minimum Gasteiger partial charge on any atom is -0.332 e. The van der Waals surface area contributed by atoms with E-state index in [1.807, 2.05) is 26.0 Å². The van der Waals surface area contributed by atoms with Crippen molar-refractivity contribution >= 4 is 5.91 Å². The van der Waals surface area contributed by atoms with Crippen molar-refractivity contribution in [2.24, 2.45) is 0 Å². The molecule has 4 heteroatoms. The van der Waals surface area contributed by atoms with Gasteiger partial charge >= 0.3 is 0 Å². The van der Waals surface area contributed by atoms with Crippen LogP contribution in [0, 0.1) is 11.3 Å². The third-order valence-corrected chi connectivity index (χ3v) is 3.50. The molecule has 1 heterocycles. The third kappa shape index (κ3) is 3.26. The maximum atomic E-state index is 12.5. The Bertz CT molecular complexity index is 644. The summed E-state index contributed by atoms with van der Waals surface area (Å²) < 4.78 is 0. The lowest BCUT2D eigenvalue weighted by atomic mass is 10.0. The van der Waals surface area contributed by atoms with Crippen LogP contribution in [0.15, 0.2) is 48.8 Å². The van der Waals surface area contributed by atoms with Gasteiger partial charge in [-0.25, -0.2) is 0 Å². The molecule has 0 fully saturated rings.